The van der Waals surface area contributed by atoms with E-state index in [1.54, 1.807) is 0 Å². The van der Waals surface area contributed by atoms with E-state index in [0.29, 0.717) is 35.4 Å². The molecule has 6 fully saturated rings. The lowest BCUT2D eigenvalue weighted by Crippen LogP contribution is -2.50. The van der Waals surface area contributed by atoms with Crippen LogP contribution in [0.4, 0.5) is 0 Å². The first-order valence-electron chi connectivity index (χ1n) is 13.6. The van der Waals surface area contributed by atoms with Crippen LogP contribution in [0.2, 0.25) is 0 Å². The second-order valence-corrected chi connectivity index (χ2v) is 14.7. The van der Waals surface area contributed by atoms with E-state index in [2.05, 4.69) is 29.5 Å². The van der Waals surface area contributed by atoms with E-state index in [-0.39, 0.29) is 11.2 Å². The summed E-state index contributed by atoms with van der Waals surface area (Å²) in [6.07, 6.45) is 7.78. The van der Waals surface area contributed by atoms with E-state index in [1.165, 1.54) is 24.2 Å². The van der Waals surface area contributed by atoms with Gasteiger partial charge in [-0.15, -0.1) is 0 Å². The Hall–Kier alpha value is -0.960. The summed E-state index contributed by atoms with van der Waals surface area (Å²) in [4.78, 5) is 2.63. The predicted octanol–water partition coefficient (Wildman–Crippen LogP) is 3.48. The van der Waals surface area contributed by atoms with Gasteiger partial charge < -0.3 is 9.47 Å². The average molecular weight is 490 g/mol. The van der Waals surface area contributed by atoms with E-state index < -0.39 is 9.84 Å². The van der Waals surface area contributed by atoms with Gasteiger partial charge >= 0.3 is 0 Å². The molecule has 4 atom stereocenters. The van der Waals surface area contributed by atoms with Gasteiger partial charge in [0.05, 0.1) is 30.4 Å². The molecule has 2 spiro atoms. The Kier molecular flexibility index (Phi) is 4.93. The van der Waals surface area contributed by atoms with Crippen molar-refractivity contribution in [1.29, 1.82) is 0 Å². The van der Waals surface area contributed by atoms with Crippen molar-refractivity contribution in [2.45, 2.75) is 88.5 Å². The Bertz CT molecular complexity index is 1040. The summed E-state index contributed by atoms with van der Waals surface area (Å²) in [6, 6.07) is 3.49. The number of hydrogen-bond donors (Lipinski definition) is 0. The van der Waals surface area contributed by atoms with Crippen LogP contribution >= 0.6 is 0 Å². The van der Waals surface area contributed by atoms with Crippen LogP contribution < -0.4 is 0 Å². The topological polar surface area (TPSA) is 73.7 Å². The summed E-state index contributed by atoms with van der Waals surface area (Å²) in [7, 11) is -2.74. The van der Waals surface area contributed by atoms with E-state index in [9.17, 15) is 8.42 Å². The molecule has 3 saturated carbocycles. The number of sulfone groups is 1. The maximum absolute atomic E-state index is 11.8. The lowest BCUT2D eigenvalue weighted by atomic mass is 9.83. The van der Waals surface area contributed by atoms with Gasteiger partial charge in [-0.05, 0) is 70.4 Å². The number of rotatable bonds is 4. The molecule has 7 nitrogen and oxygen atoms in total. The van der Waals surface area contributed by atoms with Gasteiger partial charge in [0, 0.05) is 54.4 Å². The lowest BCUT2D eigenvalue weighted by molar-refractivity contribution is -0.178. The van der Waals surface area contributed by atoms with Crippen LogP contribution in [-0.2, 0) is 19.3 Å². The average Bonchev–Trinajstić information content (AvgIpc) is 3.35. The predicted molar refractivity (Wildman–Crippen MR) is 128 cm³/mol. The number of hydrogen-bond acceptors (Lipinski definition) is 6. The highest BCUT2D eigenvalue weighted by molar-refractivity contribution is 7.92. The zero-order valence-corrected chi connectivity index (χ0v) is 21.4. The molecular formula is C26H39N3O4S. The molecule has 0 unspecified atom stereocenters. The van der Waals surface area contributed by atoms with Crippen molar-refractivity contribution in [1.82, 2.24) is 14.7 Å². The Balaban J connectivity index is 1.01. The van der Waals surface area contributed by atoms with Crippen LogP contribution in [0.3, 0.4) is 0 Å². The SMILES string of the molecule is CC(C)n1nc(C2CCC3(CC2)OCCO3)cc1[C@H]1[C@@H]2C[C@@H](N3CCC4(C3)CS(=O)(=O)C4)C[C@@H]21. The quantitative estimate of drug-likeness (QED) is 0.645. The molecule has 0 aromatic carbocycles. The van der Waals surface area contributed by atoms with Crippen molar-refractivity contribution in [3.63, 3.8) is 0 Å². The van der Waals surface area contributed by atoms with E-state index >= 15 is 0 Å². The molecule has 3 aliphatic heterocycles. The summed E-state index contributed by atoms with van der Waals surface area (Å²) in [5.41, 5.74) is 2.84. The van der Waals surface area contributed by atoms with Gasteiger partial charge in [0.2, 0.25) is 0 Å². The monoisotopic (exact) mass is 489 g/mol. The third kappa shape index (κ3) is 3.53. The first-order chi connectivity index (χ1) is 16.3. The zero-order chi connectivity index (χ0) is 23.3. The van der Waals surface area contributed by atoms with Crippen molar-refractivity contribution >= 4 is 9.84 Å². The molecular weight excluding hydrogens is 450 g/mol. The lowest BCUT2D eigenvalue weighted by Gasteiger charge is -2.38. The molecule has 0 amide bonds. The Morgan fingerprint density at radius 3 is 2.35 bits per heavy atom. The van der Waals surface area contributed by atoms with Crippen LogP contribution in [0.5, 0.6) is 0 Å². The van der Waals surface area contributed by atoms with E-state index in [0.717, 1.165) is 70.2 Å². The second-order valence-electron chi connectivity index (χ2n) is 12.6. The molecule has 6 aliphatic rings. The summed E-state index contributed by atoms with van der Waals surface area (Å²) in [6.45, 7) is 8.08. The van der Waals surface area contributed by atoms with Gasteiger partial charge in [0.1, 0.15) is 0 Å². The molecule has 3 saturated heterocycles. The van der Waals surface area contributed by atoms with Crippen LogP contribution in [-0.4, -0.2) is 72.7 Å². The zero-order valence-electron chi connectivity index (χ0n) is 20.6. The third-order valence-electron chi connectivity index (χ3n) is 10.0. The van der Waals surface area contributed by atoms with Gasteiger partial charge in [-0.25, -0.2) is 8.42 Å². The molecule has 0 radical (unpaired) electrons. The minimum Gasteiger partial charge on any atom is -0.348 e. The summed E-state index contributed by atoms with van der Waals surface area (Å²) in [5.74, 6) is 3.29. The van der Waals surface area contributed by atoms with Crippen molar-refractivity contribution < 1.29 is 17.9 Å². The maximum Gasteiger partial charge on any atom is 0.168 e. The Morgan fingerprint density at radius 1 is 1.06 bits per heavy atom. The Labute approximate surface area is 203 Å². The molecule has 34 heavy (non-hydrogen) atoms. The Morgan fingerprint density at radius 2 is 1.74 bits per heavy atom. The molecule has 7 rings (SSSR count). The summed E-state index contributed by atoms with van der Waals surface area (Å²) >= 11 is 0. The van der Waals surface area contributed by atoms with Gasteiger partial charge in [-0.1, -0.05) is 0 Å². The molecule has 4 heterocycles. The van der Waals surface area contributed by atoms with Crippen molar-refractivity contribution in [2.24, 2.45) is 17.3 Å². The van der Waals surface area contributed by atoms with Crippen LogP contribution in [0, 0.1) is 17.3 Å². The van der Waals surface area contributed by atoms with Crippen molar-refractivity contribution in [2.75, 3.05) is 37.8 Å². The van der Waals surface area contributed by atoms with Gasteiger partial charge in [-0.3, -0.25) is 9.58 Å². The van der Waals surface area contributed by atoms with Crippen molar-refractivity contribution in [3.8, 4) is 0 Å². The number of ether oxygens (including phenoxy) is 2. The normalized spacial score (nSPS) is 38.1. The van der Waals surface area contributed by atoms with Crippen LogP contribution in [0.15, 0.2) is 6.07 Å². The minimum atomic E-state index is -2.74. The van der Waals surface area contributed by atoms with Crippen LogP contribution in [0.25, 0.3) is 0 Å². The molecule has 0 N–H and O–H groups in total. The fraction of sp³-hybridized carbons (Fsp3) is 0.885. The van der Waals surface area contributed by atoms with Crippen molar-refractivity contribution in [3.05, 3.63) is 17.5 Å². The van der Waals surface area contributed by atoms with E-state index in [1.807, 2.05) is 0 Å². The fourth-order valence-electron chi connectivity index (χ4n) is 8.39. The van der Waals surface area contributed by atoms with Gasteiger partial charge in [-0.2, -0.15) is 5.10 Å². The standard InChI is InChI=1S/C26H39N3O4S/c1-17(2)29-23(13-22(27-29)18-3-5-26(6-4-18)32-9-10-33-26)24-20-11-19(12-21(20)24)28-8-7-25(14-28)15-34(30,31)16-25/h13,17-21,24H,3-12,14-16H2,1-2H3/t19-,20-,21+,24+. The highest BCUT2D eigenvalue weighted by atomic mass is 32.2. The molecule has 8 heteroatoms. The molecule has 1 aromatic rings. The molecule has 188 valence electrons. The second kappa shape index (κ2) is 7.53. The maximum atomic E-state index is 11.8. The highest BCUT2D eigenvalue weighted by Gasteiger charge is 2.61. The number of nitrogens with zero attached hydrogens (tertiary/aromatic N) is 3. The summed E-state index contributed by atoms with van der Waals surface area (Å²) < 4.78 is 37.7. The smallest absolute Gasteiger partial charge is 0.168 e. The molecule has 3 aliphatic carbocycles. The minimum absolute atomic E-state index is 0.0866. The number of aromatic nitrogens is 2. The fourth-order valence-corrected chi connectivity index (χ4v) is 10.6. The summed E-state index contributed by atoms with van der Waals surface area (Å²) in [5, 5.41) is 5.15. The number of fused-ring (bicyclic) bond motifs is 1. The number of likely N-dealkylation sites (tertiary alicyclic amines) is 1. The molecule has 0 bridgehead atoms. The molecule has 1 aromatic heterocycles. The highest BCUT2D eigenvalue weighted by Crippen LogP contribution is 2.64. The van der Waals surface area contributed by atoms with Gasteiger partial charge in [0.25, 0.3) is 0 Å². The third-order valence-corrected chi connectivity index (χ3v) is 12.2. The van der Waals surface area contributed by atoms with Crippen LogP contribution in [0.1, 0.15) is 88.1 Å². The van der Waals surface area contributed by atoms with Gasteiger partial charge in [0.15, 0.2) is 15.6 Å². The first kappa shape index (κ1) is 22.3. The first-order valence-corrected chi connectivity index (χ1v) is 15.4. The largest absolute Gasteiger partial charge is 0.348 e. The van der Waals surface area contributed by atoms with E-state index in [4.69, 9.17) is 14.6 Å².